The molecule has 3 rings (SSSR count). The van der Waals surface area contributed by atoms with E-state index in [1.54, 1.807) is 24.3 Å². The van der Waals surface area contributed by atoms with Crippen LogP contribution < -0.4 is 0 Å². The Kier molecular flexibility index (Phi) is 4.52. The first-order valence-electron chi connectivity index (χ1n) is 6.89. The first-order valence-corrected chi connectivity index (χ1v) is 8.15. The van der Waals surface area contributed by atoms with E-state index in [-0.39, 0.29) is 5.78 Å². The molecule has 2 aromatic carbocycles. The van der Waals surface area contributed by atoms with Gasteiger partial charge in [-0.3, -0.25) is 4.79 Å². The zero-order chi connectivity index (χ0) is 16.2. The fourth-order valence-electron chi connectivity index (χ4n) is 2.17. The van der Waals surface area contributed by atoms with Crippen molar-refractivity contribution in [3.05, 3.63) is 75.6 Å². The number of ketones is 1. The number of Topliss-reactive ketones (excluding diaryl/α,β-unsaturated/α-hetero) is 1. The van der Waals surface area contributed by atoms with Gasteiger partial charge in [0, 0.05) is 21.5 Å². The Morgan fingerprint density at radius 2 is 1.83 bits per heavy atom. The summed E-state index contributed by atoms with van der Waals surface area (Å²) in [4.78, 5) is 17.0. The quantitative estimate of drug-likeness (QED) is 0.632. The highest BCUT2D eigenvalue weighted by molar-refractivity contribution is 7.10. The van der Waals surface area contributed by atoms with Crippen LogP contribution in [0.4, 0.5) is 0 Å². The van der Waals surface area contributed by atoms with E-state index in [9.17, 15) is 10.1 Å². The Hall–Kier alpha value is -2.48. The summed E-state index contributed by atoms with van der Waals surface area (Å²) in [5.74, 6) is -1.17. The van der Waals surface area contributed by atoms with Crippen molar-refractivity contribution in [3.63, 3.8) is 0 Å². The summed E-state index contributed by atoms with van der Waals surface area (Å²) >= 11 is 7.15. The second kappa shape index (κ2) is 6.74. The van der Waals surface area contributed by atoms with Crippen LogP contribution in [0.1, 0.15) is 21.3 Å². The maximum Gasteiger partial charge on any atom is 0.186 e. The number of rotatable bonds is 4. The normalized spacial score (nSPS) is 11.7. The smallest absolute Gasteiger partial charge is 0.186 e. The lowest BCUT2D eigenvalue weighted by Crippen LogP contribution is -2.11. The molecule has 0 fully saturated rings. The fraction of sp³-hybridized carbons (Fsp3) is 0.0556. The summed E-state index contributed by atoms with van der Waals surface area (Å²) in [7, 11) is 0. The van der Waals surface area contributed by atoms with E-state index < -0.39 is 5.92 Å². The largest absolute Gasteiger partial charge is 0.292 e. The summed E-state index contributed by atoms with van der Waals surface area (Å²) in [5.41, 5.74) is 2.19. The van der Waals surface area contributed by atoms with Crippen molar-refractivity contribution < 1.29 is 4.79 Å². The molecule has 0 aliphatic rings. The third-order valence-corrected chi connectivity index (χ3v) is 4.52. The molecular formula is C18H11ClN2OS. The monoisotopic (exact) mass is 338 g/mol. The number of carbonyl (C=O) groups excluding carboxylic acids is 1. The van der Waals surface area contributed by atoms with Crippen molar-refractivity contribution in [1.29, 1.82) is 5.26 Å². The molecule has 1 heterocycles. The van der Waals surface area contributed by atoms with E-state index in [1.807, 2.05) is 35.7 Å². The molecule has 0 aliphatic carbocycles. The summed E-state index contributed by atoms with van der Waals surface area (Å²) in [6.07, 6.45) is 0. The highest BCUT2D eigenvalue weighted by Crippen LogP contribution is 2.28. The number of halogens is 1. The SMILES string of the molecule is N#CC(C(=O)c1ccc(Cl)cc1)c1nc(-c2ccccc2)cs1. The number of benzene rings is 2. The van der Waals surface area contributed by atoms with Gasteiger partial charge in [-0.15, -0.1) is 11.3 Å². The van der Waals surface area contributed by atoms with Crippen molar-refractivity contribution >= 4 is 28.7 Å². The van der Waals surface area contributed by atoms with Gasteiger partial charge in [-0.25, -0.2) is 4.98 Å². The zero-order valence-corrected chi connectivity index (χ0v) is 13.5. The van der Waals surface area contributed by atoms with E-state index in [1.165, 1.54) is 11.3 Å². The molecule has 0 bridgehead atoms. The van der Waals surface area contributed by atoms with Crippen LogP contribution in [0.25, 0.3) is 11.3 Å². The van der Waals surface area contributed by atoms with Crippen LogP contribution >= 0.6 is 22.9 Å². The Labute approximate surface area is 142 Å². The Bertz CT molecular complexity index is 866. The molecule has 0 N–H and O–H groups in total. The fourth-order valence-corrected chi connectivity index (χ4v) is 3.16. The standard InChI is InChI=1S/C18H11ClN2OS/c19-14-8-6-13(7-9-14)17(22)15(10-20)18-21-16(11-23-18)12-4-2-1-3-5-12/h1-9,11,15H. The molecule has 0 saturated carbocycles. The van der Waals surface area contributed by atoms with Gasteiger partial charge < -0.3 is 0 Å². The predicted octanol–water partition coefficient (Wildman–Crippen LogP) is 4.95. The first kappa shape index (κ1) is 15.4. The minimum Gasteiger partial charge on any atom is -0.292 e. The minimum absolute atomic E-state index is 0.266. The number of thiazole rings is 1. The molecule has 23 heavy (non-hydrogen) atoms. The lowest BCUT2D eigenvalue weighted by Gasteiger charge is -2.05. The summed E-state index contributed by atoms with van der Waals surface area (Å²) in [6, 6.07) is 18.3. The molecule has 0 saturated heterocycles. The molecule has 1 unspecified atom stereocenters. The molecule has 3 nitrogen and oxygen atoms in total. The zero-order valence-electron chi connectivity index (χ0n) is 11.9. The van der Waals surface area contributed by atoms with Gasteiger partial charge in [0.1, 0.15) is 5.01 Å². The Morgan fingerprint density at radius 1 is 1.13 bits per heavy atom. The molecule has 0 amide bonds. The van der Waals surface area contributed by atoms with Gasteiger partial charge in [-0.2, -0.15) is 5.26 Å². The third kappa shape index (κ3) is 3.31. The summed E-state index contributed by atoms with van der Waals surface area (Å²) < 4.78 is 0. The highest BCUT2D eigenvalue weighted by Gasteiger charge is 2.25. The molecule has 3 aromatic rings. The van der Waals surface area contributed by atoms with Crippen molar-refractivity contribution in [2.45, 2.75) is 5.92 Å². The molecule has 0 aliphatic heterocycles. The van der Waals surface area contributed by atoms with Gasteiger partial charge in [0.15, 0.2) is 11.7 Å². The molecule has 0 radical (unpaired) electrons. The third-order valence-electron chi connectivity index (χ3n) is 3.36. The van der Waals surface area contributed by atoms with Gasteiger partial charge >= 0.3 is 0 Å². The molecule has 1 atom stereocenters. The molecule has 1 aromatic heterocycles. The maximum absolute atomic E-state index is 12.5. The number of hydrogen-bond acceptors (Lipinski definition) is 4. The molecule has 112 valence electrons. The van der Waals surface area contributed by atoms with E-state index >= 15 is 0 Å². The van der Waals surface area contributed by atoms with Crippen LogP contribution in [0.15, 0.2) is 60.0 Å². The van der Waals surface area contributed by atoms with E-state index in [4.69, 9.17) is 11.6 Å². The van der Waals surface area contributed by atoms with Gasteiger partial charge in [0.05, 0.1) is 11.8 Å². The number of hydrogen-bond donors (Lipinski definition) is 0. The van der Waals surface area contributed by atoms with Gasteiger partial charge in [-0.05, 0) is 24.3 Å². The minimum atomic E-state index is -0.904. The number of carbonyl (C=O) groups is 1. The van der Waals surface area contributed by atoms with Crippen molar-refractivity contribution in [3.8, 4) is 17.3 Å². The second-order valence-electron chi connectivity index (χ2n) is 4.87. The van der Waals surface area contributed by atoms with Crippen LogP contribution in [0.2, 0.25) is 5.02 Å². The van der Waals surface area contributed by atoms with Crippen LogP contribution in [-0.4, -0.2) is 10.8 Å². The van der Waals surface area contributed by atoms with Crippen LogP contribution in [0, 0.1) is 11.3 Å². The molecular weight excluding hydrogens is 328 g/mol. The lowest BCUT2D eigenvalue weighted by molar-refractivity contribution is 0.0979. The Morgan fingerprint density at radius 3 is 2.48 bits per heavy atom. The maximum atomic E-state index is 12.5. The van der Waals surface area contributed by atoms with Gasteiger partial charge in [0.2, 0.25) is 0 Å². The first-order chi connectivity index (χ1) is 11.2. The summed E-state index contributed by atoms with van der Waals surface area (Å²) in [5, 5.41) is 12.3. The topological polar surface area (TPSA) is 53.8 Å². The molecule has 0 spiro atoms. The average molecular weight is 339 g/mol. The van der Waals surface area contributed by atoms with E-state index in [0.717, 1.165) is 11.3 Å². The van der Waals surface area contributed by atoms with Gasteiger partial charge in [-0.1, -0.05) is 41.9 Å². The van der Waals surface area contributed by atoms with Crippen molar-refractivity contribution in [1.82, 2.24) is 4.98 Å². The number of nitrogens with zero attached hydrogens (tertiary/aromatic N) is 2. The average Bonchev–Trinajstić information content (AvgIpc) is 3.06. The van der Waals surface area contributed by atoms with Crippen molar-refractivity contribution in [2.24, 2.45) is 0 Å². The summed E-state index contributed by atoms with van der Waals surface area (Å²) in [6.45, 7) is 0. The lowest BCUT2D eigenvalue weighted by atomic mass is 9.99. The number of aromatic nitrogens is 1. The van der Waals surface area contributed by atoms with Crippen LogP contribution in [0.5, 0.6) is 0 Å². The Balaban J connectivity index is 1.90. The molecule has 5 heteroatoms. The van der Waals surface area contributed by atoms with Crippen LogP contribution in [-0.2, 0) is 0 Å². The van der Waals surface area contributed by atoms with Gasteiger partial charge in [0.25, 0.3) is 0 Å². The van der Waals surface area contributed by atoms with E-state index in [0.29, 0.717) is 15.6 Å². The highest BCUT2D eigenvalue weighted by atomic mass is 35.5. The van der Waals surface area contributed by atoms with Crippen molar-refractivity contribution in [2.75, 3.05) is 0 Å². The predicted molar refractivity (Wildman–Crippen MR) is 91.7 cm³/mol. The van der Waals surface area contributed by atoms with E-state index in [2.05, 4.69) is 11.1 Å². The number of nitriles is 1. The van der Waals surface area contributed by atoms with Crippen LogP contribution in [0.3, 0.4) is 0 Å². The second-order valence-corrected chi connectivity index (χ2v) is 6.20.